The number of carbonyl (C=O) groups is 1. The Bertz CT molecular complexity index is 250. The van der Waals surface area contributed by atoms with Crippen LogP contribution in [0.4, 0.5) is 0 Å². The molecule has 0 saturated heterocycles. The molecule has 0 aromatic heterocycles. The maximum atomic E-state index is 11.4. The Morgan fingerprint density at radius 3 is 2.47 bits per heavy atom. The summed E-state index contributed by atoms with van der Waals surface area (Å²) in [5.41, 5.74) is 16.0. The molecule has 1 atom stereocenters. The van der Waals surface area contributed by atoms with Crippen LogP contribution in [0.5, 0.6) is 0 Å². The zero-order valence-electron chi connectivity index (χ0n) is 10.7. The van der Waals surface area contributed by atoms with E-state index in [1.54, 1.807) is 0 Å². The summed E-state index contributed by atoms with van der Waals surface area (Å²) >= 11 is 0. The van der Waals surface area contributed by atoms with Crippen LogP contribution in [0.2, 0.25) is 0 Å². The van der Waals surface area contributed by atoms with E-state index in [1.165, 1.54) is 0 Å². The molecule has 0 radical (unpaired) electrons. The van der Waals surface area contributed by atoms with E-state index < -0.39 is 6.04 Å². The second-order valence-corrected chi connectivity index (χ2v) is 4.41. The minimum Gasteiger partial charge on any atom is -0.465 e. The van der Waals surface area contributed by atoms with E-state index in [2.05, 4.69) is 18.8 Å². The van der Waals surface area contributed by atoms with Crippen LogP contribution in [0.3, 0.4) is 0 Å². The van der Waals surface area contributed by atoms with E-state index in [4.69, 9.17) is 21.9 Å². The number of nitrogens with two attached hydrogens (primary N) is 3. The lowest BCUT2D eigenvalue weighted by Gasteiger charge is -2.11. The van der Waals surface area contributed by atoms with Gasteiger partial charge in [-0.2, -0.15) is 0 Å². The monoisotopic (exact) mass is 244 g/mol. The molecule has 0 rings (SSSR count). The van der Waals surface area contributed by atoms with Gasteiger partial charge in [0.25, 0.3) is 0 Å². The van der Waals surface area contributed by atoms with Gasteiger partial charge in [0.1, 0.15) is 6.04 Å². The molecule has 0 aromatic rings. The third kappa shape index (κ3) is 9.62. The summed E-state index contributed by atoms with van der Waals surface area (Å²) in [4.78, 5) is 15.2. The lowest BCUT2D eigenvalue weighted by molar-refractivity contribution is -0.145. The predicted molar refractivity (Wildman–Crippen MR) is 68.3 cm³/mol. The highest BCUT2D eigenvalue weighted by molar-refractivity contribution is 5.76. The third-order valence-corrected chi connectivity index (χ3v) is 2.21. The van der Waals surface area contributed by atoms with Crippen LogP contribution in [-0.2, 0) is 9.53 Å². The number of carbonyl (C=O) groups excluding carboxylic acids is 1. The molecule has 0 aromatic carbocycles. The average molecular weight is 244 g/mol. The van der Waals surface area contributed by atoms with Crippen molar-refractivity contribution in [2.45, 2.75) is 39.2 Å². The minimum atomic E-state index is -0.587. The van der Waals surface area contributed by atoms with Crippen LogP contribution in [0.1, 0.15) is 33.1 Å². The number of rotatable bonds is 8. The number of esters is 1. The molecule has 100 valence electrons. The molecule has 6 N–H and O–H groups in total. The molecule has 0 aliphatic rings. The van der Waals surface area contributed by atoms with E-state index in [0.717, 1.165) is 6.42 Å². The molecule has 0 fully saturated rings. The Morgan fingerprint density at radius 2 is 1.94 bits per heavy atom. The van der Waals surface area contributed by atoms with Crippen molar-refractivity contribution in [3.63, 3.8) is 0 Å². The standard InChI is InChI=1S/C11H24N4O2/c1-8(2)5-7-17-10(16)9(12)4-3-6-15-11(13)14/h8-9H,3-7,12H2,1-2H3,(H4,13,14,15)/t9-/m0/s1. The van der Waals surface area contributed by atoms with E-state index >= 15 is 0 Å². The van der Waals surface area contributed by atoms with Gasteiger partial charge in [-0.1, -0.05) is 13.8 Å². The summed E-state index contributed by atoms with van der Waals surface area (Å²) in [6.45, 7) is 5.05. The summed E-state index contributed by atoms with van der Waals surface area (Å²) in [5.74, 6) is 0.217. The van der Waals surface area contributed by atoms with Crippen LogP contribution in [0, 0.1) is 5.92 Å². The predicted octanol–water partition coefficient (Wildman–Crippen LogP) is -0.0434. The Morgan fingerprint density at radius 1 is 1.29 bits per heavy atom. The Balaban J connectivity index is 3.64. The van der Waals surface area contributed by atoms with Gasteiger partial charge in [0.05, 0.1) is 6.61 Å². The summed E-state index contributed by atoms with van der Waals surface area (Å²) in [7, 11) is 0. The van der Waals surface area contributed by atoms with Gasteiger partial charge < -0.3 is 21.9 Å². The molecule has 0 amide bonds. The van der Waals surface area contributed by atoms with Gasteiger partial charge in [0.2, 0.25) is 0 Å². The SMILES string of the molecule is CC(C)CCOC(=O)[C@@H](N)CCCN=C(N)N. The molecule has 0 heterocycles. The lowest BCUT2D eigenvalue weighted by atomic mass is 10.1. The third-order valence-electron chi connectivity index (χ3n) is 2.21. The van der Waals surface area contributed by atoms with Gasteiger partial charge >= 0.3 is 5.97 Å². The lowest BCUT2D eigenvalue weighted by Crippen LogP contribution is -2.32. The van der Waals surface area contributed by atoms with E-state index in [9.17, 15) is 4.79 Å². The zero-order chi connectivity index (χ0) is 13.3. The molecule has 0 unspecified atom stereocenters. The number of guanidine groups is 1. The van der Waals surface area contributed by atoms with Crippen molar-refractivity contribution in [1.29, 1.82) is 0 Å². The van der Waals surface area contributed by atoms with E-state index in [1.807, 2.05) is 0 Å². The number of ether oxygens (including phenoxy) is 1. The zero-order valence-corrected chi connectivity index (χ0v) is 10.7. The van der Waals surface area contributed by atoms with Gasteiger partial charge in [-0.15, -0.1) is 0 Å². The Kier molecular flexibility index (Phi) is 8.13. The summed E-state index contributed by atoms with van der Waals surface area (Å²) < 4.78 is 5.04. The molecule has 0 aliphatic carbocycles. The van der Waals surface area contributed by atoms with Crippen molar-refractivity contribution in [3.8, 4) is 0 Å². The highest BCUT2D eigenvalue weighted by Gasteiger charge is 2.14. The van der Waals surface area contributed by atoms with Crippen molar-refractivity contribution in [3.05, 3.63) is 0 Å². The van der Waals surface area contributed by atoms with Crippen LogP contribution < -0.4 is 17.2 Å². The van der Waals surface area contributed by atoms with Gasteiger partial charge in [0, 0.05) is 6.54 Å². The number of aliphatic imine (C=N–C) groups is 1. The number of nitrogens with zero attached hydrogens (tertiary/aromatic N) is 1. The van der Waals surface area contributed by atoms with Crippen molar-refractivity contribution < 1.29 is 9.53 Å². The van der Waals surface area contributed by atoms with Crippen LogP contribution in [-0.4, -0.2) is 31.1 Å². The second-order valence-electron chi connectivity index (χ2n) is 4.41. The van der Waals surface area contributed by atoms with E-state index in [0.29, 0.717) is 31.9 Å². The largest absolute Gasteiger partial charge is 0.465 e. The van der Waals surface area contributed by atoms with Crippen molar-refractivity contribution in [1.82, 2.24) is 0 Å². The molecule has 0 bridgehead atoms. The van der Waals surface area contributed by atoms with Gasteiger partial charge in [0.15, 0.2) is 5.96 Å². The summed E-state index contributed by atoms with van der Waals surface area (Å²) in [6, 6.07) is -0.587. The number of hydrogen-bond acceptors (Lipinski definition) is 4. The summed E-state index contributed by atoms with van der Waals surface area (Å²) in [5, 5.41) is 0. The van der Waals surface area contributed by atoms with Crippen LogP contribution >= 0.6 is 0 Å². The van der Waals surface area contributed by atoms with Crippen molar-refractivity contribution in [2.24, 2.45) is 28.1 Å². The molecule has 6 nitrogen and oxygen atoms in total. The van der Waals surface area contributed by atoms with Gasteiger partial charge in [-0.05, 0) is 25.2 Å². The first kappa shape index (κ1) is 15.7. The minimum absolute atomic E-state index is 0.0538. The van der Waals surface area contributed by atoms with Crippen LogP contribution in [0.25, 0.3) is 0 Å². The maximum absolute atomic E-state index is 11.4. The molecule has 17 heavy (non-hydrogen) atoms. The normalized spacial score (nSPS) is 12.2. The fraction of sp³-hybridized carbons (Fsp3) is 0.818. The van der Waals surface area contributed by atoms with Crippen molar-refractivity contribution >= 4 is 11.9 Å². The Labute approximate surface area is 103 Å². The highest BCUT2D eigenvalue weighted by Crippen LogP contribution is 2.02. The summed E-state index contributed by atoms with van der Waals surface area (Å²) in [6.07, 6.45) is 2.04. The first-order valence-corrected chi connectivity index (χ1v) is 5.91. The van der Waals surface area contributed by atoms with Gasteiger partial charge in [-0.25, -0.2) is 0 Å². The molecule has 0 saturated carbocycles. The fourth-order valence-corrected chi connectivity index (χ4v) is 1.14. The second kappa shape index (κ2) is 8.81. The average Bonchev–Trinajstić information content (AvgIpc) is 2.23. The van der Waals surface area contributed by atoms with Crippen LogP contribution in [0.15, 0.2) is 4.99 Å². The van der Waals surface area contributed by atoms with Crippen molar-refractivity contribution in [2.75, 3.05) is 13.2 Å². The molecular weight excluding hydrogens is 220 g/mol. The fourth-order valence-electron chi connectivity index (χ4n) is 1.14. The first-order chi connectivity index (χ1) is 7.93. The molecule has 0 aliphatic heterocycles. The highest BCUT2D eigenvalue weighted by atomic mass is 16.5. The topological polar surface area (TPSA) is 117 Å². The van der Waals surface area contributed by atoms with E-state index in [-0.39, 0.29) is 11.9 Å². The molecule has 0 spiro atoms. The number of hydrogen-bond donors (Lipinski definition) is 3. The molecule has 6 heteroatoms. The Hall–Kier alpha value is -1.30. The molecular formula is C11H24N4O2. The van der Waals surface area contributed by atoms with Gasteiger partial charge in [-0.3, -0.25) is 9.79 Å². The quantitative estimate of drug-likeness (QED) is 0.240. The first-order valence-electron chi connectivity index (χ1n) is 5.91. The smallest absolute Gasteiger partial charge is 0.322 e. The maximum Gasteiger partial charge on any atom is 0.322 e.